The third-order valence-corrected chi connectivity index (χ3v) is 4.82. The van der Waals surface area contributed by atoms with Gasteiger partial charge in [-0.3, -0.25) is 5.32 Å². The summed E-state index contributed by atoms with van der Waals surface area (Å²) in [6.07, 6.45) is 2.11. The van der Waals surface area contributed by atoms with Gasteiger partial charge in [-0.1, -0.05) is 17.7 Å². The standard InChI is InChI=1S/C18H21ClN6O/c19-13-2-1-3-15(12-13)24-8-10-25(11-9-24)17-7-6-16(22-23-17)21-18(26)20-14-4-5-14/h1-3,6-7,12,14H,4-5,8-11H2,(H2,20,21,22,26). The van der Waals surface area contributed by atoms with Gasteiger partial charge in [0, 0.05) is 42.9 Å². The van der Waals surface area contributed by atoms with Crippen LogP contribution in [0, 0.1) is 0 Å². The van der Waals surface area contributed by atoms with Gasteiger partial charge in [0.15, 0.2) is 11.6 Å². The quantitative estimate of drug-likeness (QED) is 0.863. The van der Waals surface area contributed by atoms with Gasteiger partial charge in [0.1, 0.15) is 0 Å². The third-order valence-electron chi connectivity index (χ3n) is 4.58. The number of halogens is 1. The molecule has 8 heteroatoms. The first kappa shape index (κ1) is 16.9. The van der Waals surface area contributed by atoms with Crippen molar-refractivity contribution in [3.63, 3.8) is 0 Å². The molecule has 1 aliphatic carbocycles. The van der Waals surface area contributed by atoms with E-state index in [2.05, 4.69) is 36.7 Å². The Morgan fingerprint density at radius 3 is 2.46 bits per heavy atom. The van der Waals surface area contributed by atoms with E-state index in [1.54, 1.807) is 6.07 Å². The summed E-state index contributed by atoms with van der Waals surface area (Å²) in [4.78, 5) is 16.2. The molecule has 2 heterocycles. The smallest absolute Gasteiger partial charge is 0.320 e. The molecular weight excluding hydrogens is 352 g/mol. The first-order valence-electron chi connectivity index (χ1n) is 8.84. The summed E-state index contributed by atoms with van der Waals surface area (Å²) in [7, 11) is 0. The van der Waals surface area contributed by atoms with E-state index >= 15 is 0 Å². The zero-order chi connectivity index (χ0) is 17.9. The molecule has 1 aromatic heterocycles. The highest BCUT2D eigenvalue weighted by Crippen LogP contribution is 2.22. The number of hydrogen-bond acceptors (Lipinski definition) is 5. The fourth-order valence-electron chi connectivity index (χ4n) is 2.99. The predicted octanol–water partition coefficient (Wildman–Crippen LogP) is 2.74. The Morgan fingerprint density at radius 1 is 1.04 bits per heavy atom. The zero-order valence-corrected chi connectivity index (χ0v) is 15.1. The van der Waals surface area contributed by atoms with Crippen LogP contribution in [0.4, 0.5) is 22.1 Å². The highest BCUT2D eigenvalue weighted by molar-refractivity contribution is 6.30. The average Bonchev–Trinajstić information content (AvgIpc) is 3.46. The second-order valence-corrected chi connectivity index (χ2v) is 7.04. The van der Waals surface area contributed by atoms with E-state index in [1.165, 1.54) is 0 Å². The largest absolute Gasteiger partial charge is 0.368 e. The number of benzene rings is 1. The number of hydrogen-bond donors (Lipinski definition) is 2. The van der Waals surface area contributed by atoms with Crippen molar-refractivity contribution in [2.75, 3.05) is 41.3 Å². The zero-order valence-electron chi connectivity index (χ0n) is 14.4. The lowest BCUT2D eigenvalue weighted by Gasteiger charge is -2.36. The molecule has 2 amide bonds. The first-order chi connectivity index (χ1) is 12.7. The molecular formula is C18H21ClN6O. The minimum atomic E-state index is -0.218. The summed E-state index contributed by atoms with van der Waals surface area (Å²) in [6.45, 7) is 3.50. The van der Waals surface area contributed by atoms with E-state index in [0.29, 0.717) is 11.9 Å². The van der Waals surface area contributed by atoms with Gasteiger partial charge in [-0.2, -0.15) is 0 Å². The summed E-state index contributed by atoms with van der Waals surface area (Å²) in [6, 6.07) is 11.7. The van der Waals surface area contributed by atoms with Gasteiger partial charge in [-0.15, -0.1) is 10.2 Å². The van der Waals surface area contributed by atoms with Crippen LogP contribution in [0.5, 0.6) is 0 Å². The van der Waals surface area contributed by atoms with Crippen molar-refractivity contribution in [1.82, 2.24) is 15.5 Å². The number of rotatable bonds is 4. The number of urea groups is 1. The molecule has 2 N–H and O–H groups in total. The minimum absolute atomic E-state index is 0.218. The van der Waals surface area contributed by atoms with Crippen molar-refractivity contribution in [3.05, 3.63) is 41.4 Å². The van der Waals surface area contributed by atoms with E-state index in [9.17, 15) is 4.79 Å². The fourth-order valence-corrected chi connectivity index (χ4v) is 3.18. The number of amides is 2. The van der Waals surface area contributed by atoms with Crippen LogP contribution in [-0.2, 0) is 0 Å². The molecule has 26 heavy (non-hydrogen) atoms. The summed E-state index contributed by atoms with van der Waals surface area (Å²) in [5.74, 6) is 1.29. The van der Waals surface area contributed by atoms with Crippen LogP contribution in [0.3, 0.4) is 0 Å². The molecule has 136 valence electrons. The molecule has 0 atom stereocenters. The fraction of sp³-hybridized carbons (Fsp3) is 0.389. The van der Waals surface area contributed by atoms with Crippen LogP contribution in [0.2, 0.25) is 5.02 Å². The minimum Gasteiger partial charge on any atom is -0.368 e. The third kappa shape index (κ3) is 4.16. The molecule has 4 rings (SSSR count). The summed E-state index contributed by atoms with van der Waals surface area (Å²) in [5.41, 5.74) is 1.14. The number of nitrogens with zero attached hydrogens (tertiary/aromatic N) is 4. The van der Waals surface area contributed by atoms with E-state index in [-0.39, 0.29) is 6.03 Å². The number of carbonyl (C=O) groups is 1. The van der Waals surface area contributed by atoms with Gasteiger partial charge >= 0.3 is 6.03 Å². The molecule has 0 bridgehead atoms. The molecule has 7 nitrogen and oxygen atoms in total. The molecule has 0 radical (unpaired) electrons. The summed E-state index contributed by atoms with van der Waals surface area (Å²) < 4.78 is 0. The topological polar surface area (TPSA) is 73.4 Å². The highest BCUT2D eigenvalue weighted by atomic mass is 35.5. The molecule has 1 saturated carbocycles. The van der Waals surface area contributed by atoms with Crippen LogP contribution < -0.4 is 20.4 Å². The first-order valence-corrected chi connectivity index (χ1v) is 9.22. The Balaban J connectivity index is 1.31. The van der Waals surface area contributed by atoms with Gasteiger partial charge < -0.3 is 15.1 Å². The van der Waals surface area contributed by atoms with Crippen LogP contribution in [0.1, 0.15) is 12.8 Å². The van der Waals surface area contributed by atoms with Gasteiger partial charge in [-0.25, -0.2) is 4.79 Å². The summed E-state index contributed by atoms with van der Waals surface area (Å²) >= 11 is 6.08. The van der Waals surface area contributed by atoms with Crippen LogP contribution in [-0.4, -0.2) is 48.4 Å². The molecule has 2 aliphatic rings. The lowest BCUT2D eigenvalue weighted by Crippen LogP contribution is -2.46. The number of piperazine rings is 1. The van der Waals surface area contributed by atoms with Crippen molar-refractivity contribution in [2.24, 2.45) is 0 Å². The summed E-state index contributed by atoms with van der Waals surface area (Å²) in [5, 5.41) is 14.7. The molecule has 2 aromatic rings. The van der Waals surface area contributed by atoms with Gasteiger partial charge in [0.2, 0.25) is 0 Å². The maximum atomic E-state index is 11.7. The van der Waals surface area contributed by atoms with Crippen molar-refractivity contribution >= 4 is 35.0 Å². The Morgan fingerprint density at radius 2 is 1.81 bits per heavy atom. The van der Waals surface area contributed by atoms with Crippen LogP contribution in [0.15, 0.2) is 36.4 Å². The van der Waals surface area contributed by atoms with Crippen LogP contribution >= 0.6 is 11.6 Å². The number of anilines is 3. The number of nitrogens with one attached hydrogen (secondary N) is 2. The second kappa shape index (κ2) is 7.37. The van der Waals surface area contributed by atoms with Gasteiger partial charge in [0.05, 0.1) is 0 Å². The molecule has 1 saturated heterocycles. The van der Waals surface area contributed by atoms with Gasteiger partial charge in [0.25, 0.3) is 0 Å². The predicted molar refractivity (Wildman–Crippen MR) is 103 cm³/mol. The maximum absolute atomic E-state index is 11.7. The monoisotopic (exact) mass is 372 g/mol. The van der Waals surface area contributed by atoms with Gasteiger partial charge in [-0.05, 0) is 43.2 Å². The van der Waals surface area contributed by atoms with E-state index in [4.69, 9.17) is 11.6 Å². The van der Waals surface area contributed by atoms with E-state index in [1.807, 2.05) is 24.3 Å². The Bertz CT molecular complexity index is 772. The van der Waals surface area contributed by atoms with Crippen molar-refractivity contribution in [2.45, 2.75) is 18.9 Å². The van der Waals surface area contributed by atoms with Crippen LogP contribution in [0.25, 0.3) is 0 Å². The van der Waals surface area contributed by atoms with Crippen molar-refractivity contribution in [3.8, 4) is 0 Å². The molecule has 2 fully saturated rings. The second-order valence-electron chi connectivity index (χ2n) is 6.60. The number of carbonyl (C=O) groups excluding carboxylic acids is 1. The Hall–Kier alpha value is -2.54. The normalized spacial score (nSPS) is 17.1. The lowest BCUT2D eigenvalue weighted by molar-refractivity contribution is 0.251. The molecule has 0 spiro atoms. The lowest BCUT2D eigenvalue weighted by atomic mass is 10.2. The Labute approximate surface area is 157 Å². The highest BCUT2D eigenvalue weighted by Gasteiger charge is 2.23. The maximum Gasteiger partial charge on any atom is 0.320 e. The molecule has 0 unspecified atom stereocenters. The Kier molecular flexibility index (Phi) is 4.79. The molecule has 1 aliphatic heterocycles. The molecule has 1 aromatic carbocycles. The van der Waals surface area contributed by atoms with E-state index in [0.717, 1.165) is 55.5 Å². The van der Waals surface area contributed by atoms with E-state index < -0.39 is 0 Å². The van der Waals surface area contributed by atoms with Crippen molar-refractivity contribution in [1.29, 1.82) is 0 Å². The average molecular weight is 373 g/mol. The number of aromatic nitrogens is 2. The van der Waals surface area contributed by atoms with Crippen molar-refractivity contribution < 1.29 is 4.79 Å². The SMILES string of the molecule is O=C(Nc1ccc(N2CCN(c3cccc(Cl)c3)CC2)nn1)NC1CC1.